The molecule has 0 aromatic rings. The summed E-state index contributed by atoms with van der Waals surface area (Å²) in [6.07, 6.45) is 10.0. The topological polar surface area (TPSA) is 40.5 Å². The summed E-state index contributed by atoms with van der Waals surface area (Å²) in [5, 5.41) is 14.0. The SMILES string of the molecule is CO.CO.[C-]1=CC=CC1.[V]. The first-order valence-electron chi connectivity index (χ1n) is 2.61. The predicted octanol–water partition coefficient (Wildman–Crippen LogP) is 0.520. The Hall–Kier alpha value is -0.0156. The Morgan fingerprint density at radius 2 is 1.70 bits per heavy atom. The third-order valence-electron chi connectivity index (χ3n) is 0.586. The molecule has 2 nitrogen and oxygen atoms in total. The molecule has 0 aromatic heterocycles. The molecule has 0 amide bonds. The molecule has 0 bridgehead atoms. The third kappa shape index (κ3) is 15.7. The monoisotopic (exact) mass is 180 g/mol. The molecule has 1 aliphatic carbocycles. The van der Waals surface area contributed by atoms with E-state index in [1.165, 1.54) is 0 Å². The van der Waals surface area contributed by atoms with E-state index in [1.807, 2.05) is 12.2 Å². The van der Waals surface area contributed by atoms with E-state index < -0.39 is 0 Å². The predicted molar refractivity (Wildman–Crippen MR) is 37.9 cm³/mol. The number of aliphatic hydroxyl groups excluding tert-OH is 2. The van der Waals surface area contributed by atoms with Gasteiger partial charge in [0.2, 0.25) is 0 Å². The fraction of sp³-hybridized carbons (Fsp3) is 0.429. The van der Waals surface area contributed by atoms with E-state index in [2.05, 4.69) is 12.2 Å². The molecule has 0 spiro atoms. The normalized spacial score (nSPS) is 10.0. The molecule has 0 atom stereocenters. The molecule has 0 saturated carbocycles. The standard InChI is InChI=1S/C5H5.2CH4O.V/c1-2-4-5-3-1;2*1-2;/h1-3H,4H2;2*2H,1H3;/q-1;;;. The van der Waals surface area contributed by atoms with E-state index in [0.29, 0.717) is 0 Å². The number of aliphatic hydroxyl groups is 2. The molecular weight excluding hydrogens is 167 g/mol. The van der Waals surface area contributed by atoms with Crippen LogP contribution in [0.3, 0.4) is 0 Å². The molecule has 3 heteroatoms. The Morgan fingerprint density at radius 1 is 1.20 bits per heavy atom. The second-order valence-corrected chi connectivity index (χ2v) is 1.00. The van der Waals surface area contributed by atoms with E-state index in [9.17, 15) is 0 Å². The Balaban J connectivity index is -0.0000000875. The maximum Gasteiger partial charge on any atom is 0.0319 e. The number of allylic oxidation sites excluding steroid dienone is 4. The summed E-state index contributed by atoms with van der Waals surface area (Å²) in [7, 11) is 2.00. The van der Waals surface area contributed by atoms with Crippen molar-refractivity contribution >= 4 is 0 Å². The van der Waals surface area contributed by atoms with Gasteiger partial charge in [-0.15, -0.1) is 6.42 Å². The Bertz CT molecular complexity index is 69.7. The quantitative estimate of drug-likeness (QED) is 0.533. The van der Waals surface area contributed by atoms with E-state index >= 15 is 0 Å². The summed E-state index contributed by atoms with van der Waals surface area (Å²) >= 11 is 0. The Morgan fingerprint density at radius 3 is 1.80 bits per heavy atom. The van der Waals surface area contributed by atoms with E-state index in [-0.39, 0.29) is 18.6 Å². The average molecular weight is 180 g/mol. The van der Waals surface area contributed by atoms with Crippen molar-refractivity contribution in [2.24, 2.45) is 0 Å². The van der Waals surface area contributed by atoms with Gasteiger partial charge in [0.25, 0.3) is 0 Å². The van der Waals surface area contributed by atoms with Gasteiger partial charge in [-0.05, 0) is 0 Å². The minimum absolute atomic E-state index is 0. The molecule has 0 aliphatic heterocycles. The molecule has 0 unspecified atom stereocenters. The second kappa shape index (κ2) is 23.1. The smallest absolute Gasteiger partial charge is 0.0319 e. The van der Waals surface area contributed by atoms with E-state index in [4.69, 9.17) is 10.2 Å². The summed E-state index contributed by atoms with van der Waals surface area (Å²) in [6, 6.07) is 0. The van der Waals surface area contributed by atoms with Crippen molar-refractivity contribution in [1.82, 2.24) is 0 Å². The molecule has 0 saturated heterocycles. The first kappa shape index (κ1) is 16.5. The van der Waals surface area contributed by atoms with Crippen LogP contribution in [0.2, 0.25) is 0 Å². The van der Waals surface area contributed by atoms with Gasteiger partial charge in [-0.1, -0.05) is 0 Å². The fourth-order valence-electron chi connectivity index (χ4n) is 0.340. The number of hydrogen-bond acceptors (Lipinski definition) is 2. The average Bonchev–Trinajstić information content (AvgIpc) is 2.51. The van der Waals surface area contributed by atoms with Crippen LogP contribution in [0.5, 0.6) is 0 Å². The summed E-state index contributed by atoms with van der Waals surface area (Å²) < 4.78 is 0. The van der Waals surface area contributed by atoms with Crippen LogP contribution < -0.4 is 0 Å². The van der Waals surface area contributed by atoms with Crippen molar-refractivity contribution < 1.29 is 28.8 Å². The van der Waals surface area contributed by atoms with Gasteiger partial charge in [-0.2, -0.15) is 6.08 Å². The van der Waals surface area contributed by atoms with Gasteiger partial charge < -0.3 is 10.2 Å². The Kier molecular flexibility index (Phi) is 38.1. The maximum absolute atomic E-state index is 7.00. The van der Waals surface area contributed by atoms with Crippen molar-refractivity contribution in [3.05, 3.63) is 24.3 Å². The van der Waals surface area contributed by atoms with Gasteiger partial charge in [0.1, 0.15) is 0 Å². The molecular formula is C7H13O2V-. The Labute approximate surface area is 74.2 Å². The second-order valence-electron chi connectivity index (χ2n) is 1.00. The zero-order valence-corrected chi connectivity index (χ0v) is 7.68. The van der Waals surface area contributed by atoms with Crippen LogP contribution in [0.1, 0.15) is 6.42 Å². The van der Waals surface area contributed by atoms with Gasteiger partial charge in [0, 0.05) is 32.8 Å². The molecule has 59 valence electrons. The molecule has 0 fully saturated rings. The van der Waals surface area contributed by atoms with Gasteiger partial charge >= 0.3 is 0 Å². The summed E-state index contributed by atoms with van der Waals surface area (Å²) in [5.41, 5.74) is 0. The van der Waals surface area contributed by atoms with Crippen molar-refractivity contribution in [1.29, 1.82) is 0 Å². The van der Waals surface area contributed by atoms with Crippen molar-refractivity contribution in [3.8, 4) is 0 Å². The van der Waals surface area contributed by atoms with Gasteiger partial charge in [0.15, 0.2) is 0 Å². The van der Waals surface area contributed by atoms with Crippen molar-refractivity contribution in [2.45, 2.75) is 6.42 Å². The molecule has 0 aromatic carbocycles. The maximum atomic E-state index is 7.00. The molecule has 2 N–H and O–H groups in total. The van der Waals surface area contributed by atoms with Crippen LogP contribution in [-0.4, -0.2) is 24.4 Å². The minimum atomic E-state index is 0. The first-order valence-corrected chi connectivity index (χ1v) is 2.61. The molecule has 1 aliphatic rings. The zero-order valence-electron chi connectivity index (χ0n) is 6.28. The molecule has 1 rings (SSSR count). The van der Waals surface area contributed by atoms with Gasteiger partial charge in [-0.25, -0.2) is 12.2 Å². The number of hydrogen-bond donors (Lipinski definition) is 2. The summed E-state index contributed by atoms with van der Waals surface area (Å²) in [4.78, 5) is 0. The summed E-state index contributed by atoms with van der Waals surface area (Å²) in [5.74, 6) is 0. The summed E-state index contributed by atoms with van der Waals surface area (Å²) in [6.45, 7) is 0. The largest absolute Gasteiger partial charge is 0.400 e. The molecule has 10 heavy (non-hydrogen) atoms. The van der Waals surface area contributed by atoms with Crippen LogP contribution in [0.25, 0.3) is 0 Å². The number of rotatable bonds is 0. The fourth-order valence-corrected chi connectivity index (χ4v) is 0.340. The van der Waals surface area contributed by atoms with E-state index in [1.54, 1.807) is 0 Å². The molecule has 0 heterocycles. The molecule has 1 radical (unpaired) electrons. The van der Waals surface area contributed by atoms with Gasteiger partial charge in [0.05, 0.1) is 0 Å². The van der Waals surface area contributed by atoms with Crippen LogP contribution >= 0.6 is 0 Å². The van der Waals surface area contributed by atoms with Crippen LogP contribution in [0.15, 0.2) is 18.2 Å². The third-order valence-corrected chi connectivity index (χ3v) is 0.586. The first-order chi connectivity index (χ1) is 4.50. The van der Waals surface area contributed by atoms with Gasteiger partial charge in [-0.3, -0.25) is 6.08 Å². The van der Waals surface area contributed by atoms with Crippen LogP contribution in [0, 0.1) is 6.08 Å². The minimum Gasteiger partial charge on any atom is -0.400 e. The van der Waals surface area contributed by atoms with Crippen molar-refractivity contribution in [3.63, 3.8) is 0 Å². The van der Waals surface area contributed by atoms with Crippen LogP contribution in [-0.2, 0) is 18.6 Å². The van der Waals surface area contributed by atoms with Crippen molar-refractivity contribution in [2.75, 3.05) is 14.2 Å². The van der Waals surface area contributed by atoms with Crippen LogP contribution in [0.4, 0.5) is 0 Å². The zero-order chi connectivity index (χ0) is 7.54. The van der Waals surface area contributed by atoms with E-state index in [0.717, 1.165) is 20.6 Å².